The van der Waals surface area contributed by atoms with Crippen molar-refractivity contribution < 1.29 is 4.74 Å². The molecule has 0 bridgehead atoms. The average Bonchev–Trinajstić information content (AvgIpc) is 3.41. The lowest BCUT2D eigenvalue weighted by Gasteiger charge is -2.30. The van der Waals surface area contributed by atoms with Gasteiger partial charge in [-0.2, -0.15) is 20.1 Å². The van der Waals surface area contributed by atoms with E-state index in [4.69, 9.17) is 37.0 Å². The summed E-state index contributed by atoms with van der Waals surface area (Å²) in [5, 5.41) is 15.7. The normalized spacial score (nSPS) is 18.3. The molecule has 1 unspecified atom stereocenters. The number of fused-ring (bicyclic) bond motifs is 1. The molecule has 2 saturated heterocycles. The Morgan fingerprint density at radius 3 is 2.16 bits per heavy atom. The van der Waals surface area contributed by atoms with Gasteiger partial charge < -0.3 is 30.5 Å². The van der Waals surface area contributed by atoms with Crippen LogP contribution in [0.1, 0.15) is 61.4 Å². The number of anilines is 5. The molecule has 7 rings (SSSR count). The maximum absolute atomic E-state index is 5.62. The van der Waals surface area contributed by atoms with Gasteiger partial charge in [-0.1, -0.05) is 12.1 Å². The molecule has 2 fully saturated rings. The van der Waals surface area contributed by atoms with Crippen molar-refractivity contribution in [2.24, 2.45) is 0 Å². The van der Waals surface area contributed by atoms with Crippen molar-refractivity contribution in [1.82, 2.24) is 30.0 Å². The number of methoxy groups -OCH3 is 1. The summed E-state index contributed by atoms with van der Waals surface area (Å²) in [5.41, 5.74) is 4.83. The molecule has 0 saturated carbocycles. The van der Waals surface area contributed by atoms with Crippen LogP contribution >= 0.6 is 12.2 Å². The first-order valence-corrected chi connectivity index (χ1v) is 15.9. The zero-order valence-electron chi connectivity index (χ0n) is 25.2. The molecule has 3 aliphatic heterocycles. The topological polar surface area (TPSA) is 108 Å². The van der Waals surface area contributed by atoms with Gasteiger partial charge in [0.2, 0.25) is 17.8 Å². The molecule has 4 aromatic rings. The number of hydrogen-bond donors (Lipinski definition) is 3. The Kier molecular flexibility index (Phi) is 7.90. The number of aryl methyl sites for hydroxylation is 1. The second kappa shape index (κ2) is 12.3. The van der Waals surface area contributed by atoms with Crippen molar-refractivity contribution in [1.29, 1.82) is 0 Å². The number of ether oxygens (including phenoxy) is 1. The van der Waals surface area contributed by atoms with E-state index in [1.54, 1.807) is 7.11 Å². The van der Waals surface area contributed by atoms with Gasteiger partial charge in [0.25, 0.3) is 0 Å². The highest BCUT2D eigenvalue weighted by Crippen LogP contribution is 2.37. The van der Waals surface area contributed by atoms with Gasteiger partial charge in [0.15, 0.2) is 5.11 Å². The number of rotatable bonds is 7. The summed E-state index contributed by atoms with van der Waals surface area (Å²) in [6.07, 6.45) is 7.19. The summed E-state index contributed by atoms with van der Waals surface area (Å²) in [7, 11) is 1.68. The first kappa shape index (κ1) is 28.3. The summed E-state index contributed by atoms with van der Waals surface area (Å²) in [6, 6.07) is 16.0. The van der Waals surface area contributed by atoms with Crippen molar-refractivity contribution >= 4 is 46.7 Å². The lowest BCUT2D eigenvalue weighted by molar-refractivity contribution is 0.414. The second-order valence-electron chi connectivity index (χ2n) is 11.6. The molecule has 2 aromatic carbocycles. The Morgan fingerprint density at radius 1 is 0.864 bits per heavy atom. The van der Waals surface area contributed by atoms with Crippen molar-refractivity contribution in [2.75, 3.05) is 53.7 Å². The van der Waals surface area contributed by atoms with Crippen LogP contribution in [0.25, 0.3) is 5.69 Å². The Bertz CT molecular complexity index is 1610. The van der Waals surface area contributed by atoms with E-state index < -0.39 is 0 Å². The minimum absolute atomic E-state index is 0.143. The van der Waals surface area contributed by atoms with Crippen LogP contribution < -0.4 is 30.5 Å². The van der Waals surface area contributed by atoms with Crippen LogP contribution in [0.2, 0.25) is 0 Å². The number of nitrogens with one attached hydrogen (secondary N) is 3. The molecule has 5 heterocycles. The highest BCUT2D eigenvalue weighted by Gasteiger charge is 2.31. The van der Waals surface area contributed by atoms with E-state index >= 15 is 0 Å². The van der Waals surface area contributed by atoms with Gasteiger partial charge in [-0.3, -0.25) is 0 Å². The first-order valence-electron chi connectivity index (χ1n) is 15.5. The fourth-order valence-corrected chi connectivity index (χ4v) is 6.52. The maximum atomic E-state index is 5.62. The highest BCUT2D eigenvalue weighted by molar-refractivity contribution is 7.80. The molecular weight excluding hydrogens is 572 g/mol. The summed E-state index contributed by atoms with van der Waals surface area (Å²) < 4.78 is 7.39. The minimum Gasteiger partial charge on any atom is -0.497 e. The molecule has 228 valence electrons. The Balaban J connectivity index is 1.16. The summed E-state index contributed by atoms with van der Waals surface area (Å²) >= 11 is 5.62. The first-order chi connectivity index (χ1) is 21.6. The molecule has 1 atom stereocenters. The smallest absolute Gasteiger partial charge is 0.233 e. The van der Waals surface area contributed by atoms with Crippen molar-refractivity contribution in [3.8, 4) is 11.4 Å². The fourth-order valence-electron chi connectivity index (χ4n) is 6.31. The van der Waals surface area contributed by atoms with E-state index in [9.17, 15) is 0 Å². The van der Waals surface area contributed by atoms with Gasteiger partial charge >= 0.3 is 0 Å². The van der Waals surface area contributed by atoms with Gasteiger partial charge in [-0.25, -0.2) is 4.68 Å². The summed E-state index contributed by atoms with van der Waals surface area (Å²) in [5.74, 6) is 3.75. The van der Waals surface area contributed by atoms with E-state index in [1.165, 1.54) is 38.5 Å². The van der Waals surface area contributed by atoms with E-state index in [1.807, 2.05) is 54.1 Å². The Morgan fingerprint density at radius 2 is 1.52 bits per heavy atom. The van der Waals surface area contributed by atoms with Crippen LogP contribution in [0.3, 0.4) is 0 Å². The van der Waals surface area contributed by atoms with Gasteiger partial charge in [0, 0.05) is 37.4 Å². The SMILES string of the molecule is COc1cccc(C2NC(=S)Nc3c2c(C)nn3-c2ccc(Nc3nc(N4CCCCC4)nc(N4CCCCC4)n3)cc2)c1. The number of hydrogen-bond acceptors (Lipinski definition) is 9. The van der Waals surface area contributed by atoms with Gasteiger partial charge in [0.1, 0.15) is 11.6 Å². The maximum Gasteiger partial charge on any atom is 0.233 e. The lowest BCUT2D eigenvalue weighted by atomic mass is 9.97. The molecule has 2 aromatic heterocycles. The number of benzene rings is 2. The molecule has 44 heavy (non-hydrogen) atoms. The zero-order valence-corrected chi connectivity index (χ0v) is 26.0. The van der Waals surface area contributed by atoms with Crippen LogP contribution in [-0.2, 0) is 0 Å². The summed E-state index contributed by atoms with van der Waals surface area (Å²) in [6.45, 7) is 5.96. The standard InChI is InChI=1S/C32H38N10OS/c1-21-26-27(22-10-9-11-25(20-22)43-2)34-32(44)35-28(26)42(39-21)24-14-12-23(13-15-24)33-29-36-30(40-16-5-3-6-17-40)38-31(37-29)41-18-7-4-8-19-41/h9-15,20,27H,3-8,16-19H2,1-2H3,(H2,34,35,44)(H,33,36,37,38). The highest BCUT2D eigenvalue weighted by atomic mass is 32.1. The quantitative estimate of drug-likeness (QED) is 0.231. The van der Waals surface area contributed by atoms with E-state index in [0.717, 1.165) is 77.8 Å². The van der Waals surface area contributed by atoms with Crippen LogP contribution in [0.4, 0.5) is 29.4 Å². The van der Waals surface area contributed by atoms with Crippen LogP contribution in [0.15, 0.2) is 48.5 Å². The van der Waals surface area contributed by atoms with Crippen molar-refractivity contribution in [3.05, 3.63) is 65.4 Å². The minimum atomic E-state index is -0.143. The van der Waals surface area contributed by atoms with Crippen molar-refractivity contribution in [2.45, 2.75) is 51.5 Å². The Hall–Kier alpha value is -4.45. The monoisotopic (exact) mass is 610 g/mol. The average molecular weight is 611 g/mol. The third kappa shape index (κ3) is 5.73. The Labute approximate surface area is 263 Å². The van der Waals surface area contributed by atoms with Crippen LogP contribution in [0.5, 0.6) is 5.75 Å². The molecule has 0 spiro atoms. The van der Waals surface area contributed by atoms with E-state index in [-0.39, 0.29) is 6.04 Å². The molecule has 12 heteroatoms. The molecule has 3 N–H and O–H groups in total. The fraction of sp³-hybridized carbons (Fsp3) is 0.406. The van der Waals surface area contributed by atoms with E-state index in [2.05, 4.69) is 31.8 Å². The second-order valence-corrected chi connectivity index (χ2v) is 12.0. The predicted molar refractivity (Wildman–Crippen MR) is 178 cm³/mol. The molecule has 11 nitrogen and oxygen atoms in total. The summed E-state index contributed by atoms with van der Waals surface area (Å²) in [4.78, 5) is 19.2. The van der Waals surface area contributed by atoms with Gasteiger partial charge in [-0.15, -0.1) is 0 Å². The third-order valence-electron chi connectivity index (χ3n) is 8.59. The van der Waals surface area contributed by atoms with Crippen LogP contribution in [0, 0.1) is 6.92 Å². The predicted octanol–water partition coefficient (Wildman–Crippen LogP) is 5.49. The largest absolute Gasteiger partial charge is 0.497 e. The van der Waals surface area contributed by atoms with Gasteiger partial charge in [0.05, 0.1) is 24.5 Å². The number of thiocarbonyl (C=S) groups is 1. The lowest BCUT2D eigenvalue weighted by Crippen LogP contribution is -2.38. The van der Waals surface area contributed by atoms with Crippen LogP contribution in [-0.4, -0.2) is 63.1 Å². The molecule has 0 radical (unpaired) electrons. The molecular formula is C32H38N10OS. The number of piperidine rings is 2. The van der Waals surface area contributed by atoms with E-state index in [0.29, 0.717) is 11.1 Å². The number of aromatic nitrogens is 5. The third-order valence-corrected chi connectivity index (χ3v) is 8.81. The molecule has 0 amide bonds. The van der Waals surface area contributed by atoms with Gasteiger partial charge in [-0.05, 0) is 99.6 Å². The molecule has 3 aliphatic rings. The van der Waals surface area contributed by atoms with Crippen molar-refractivity contribution in [3.63, 3.8) is 0 Å². The number of nitrogens with zero attached hydrogens (tertiary/aromatic N) is 7. The molecule has 0 aliphatic carbocycles. The zero-order chi connectivity index (χ0) is 30.0.